The molecule has 6 nitrogen and oxygen atoms in total. The molecule has 17 heavy (non-hydrogen) atoms. The lowest BCUT2D eigenvalue weighted by molar-refractivity contribution is 0.0679. The van der Waals surface area contributed by atoms with Gasteiger partial charge in [-0.25, -0.2) is 4.79 Å². The molecule has 1 amide bonds. The standard InChI is InChI=1S/C11H15N3O3/c1-12-6-7-14(2)10(15)9-8(11(16)17)4-3-5-13-9/h3-5,12H,6-7H2,1-2H3,(H,16,17). The summed E-state index contributed by atoms with van der Waals surface area (Å²) in [6.45, 7) is 1.13. The maximum atomic E-state index is 11.9. The van der Waals surface area contributed by atoms with Gasteiger partial charge in [0.25, 0.3) is 5.91 Å². The molecule has 1 heterocycles. The van der Waals surface area contributed by atoms with Gasteiger partial charge >= 0.3 is 5.97 Å². The summed E-state index contributed by atoms with van der Waals surface area (Å²) in [6, 6.07) is 2.86. The number of carbonyl (C=O) groups excluding carboxylic acids is 1. The SMILES string of the molecule is CNCCN(C)C(=O)c1ncccc1C(=O)O. The highest BCUT2D eigenvalue weighted by molar-refractivity contribution is 6.03. The topological polar surface area (TPSA) is 82.5 Å². The number of hydrogen-bond donors (Lipinski definition) is 2. The molecule has 0 radical (unpaired) electrons. The van der Waals surface area contributed by atoms with Crippen molar-refractivity contribution in [1.29, 1.82) is 0 Å². The van der Waals surface area contributed by atoms with Crippen molar-refractivity contribution in [3.63, 3.8) is 0 Å². The Labute approximate surface area is 99.3 Å². The minimum atomic E-state index is -1.15. The Morgan fingerprint density at radius 2 is 2.24 bits per heavy atom. The maximum absolute atomic E-state index is 11.9. The molecule has 0 aliphatic heterocycles. The second kappa shape index (κ2) is 5.95. The number of aromatic carboxylic acids is 1. The van der Waals surface area contributed by atoms with Crippen LogP contribution in [0.25, 0.3) is 0 Å². The molecule has 0 aromatic carbocycles. The van der Waals surface area contributed by atoms with Gasteiger partial charge in [-0.15, -0.1) is 0 Å². The summed E-state index contributed by atoms with van der Waals surface area (Å²) < 4.78 is 0. The lowest BCUT2D eigenvalue weighted by Gasteiger charge is -2.17. The van der Waals surface area contributed by atoms with Crippen LogP contribution in [0.2, 0.25) is 0 Å². The average Bonchev–Trinajstić information content (AvgIpc) is 2.34. The molecule has 0 bridgehead atoms. The summed E-state index contributed by atoms with van der Waals surface area (Å²) in [7, 11) is 3.39. The first-order valence-electron chi connectivity index (χ1n) is 5.16. The number of likely N-dealkylation sites (N-methyl/N-ethyl adjacent to an activating group) is 2. The van der Waals surface area contributed by atoms with E-state index in [9.17, 15) is 9.59 Å². The summed E-state index contributed by atoms with van der Waals surface area (Å²) in [4.78, 5) is 28.2. The van der Waals surface area contributed by atoms with Gasteiger partial charge in [0.15, 0.2) is 0 Å². The van der Waals surface area contributed by atoms with E-state index in [1.807, 2.05) is 0 Å². The zero-order valence-corrected chi connectivity index (χ0v) is 9.80. The van der Waals surface area contributed by atoms with Crippen molar-refractivity contribution in [3.05, 3.63) is 29.6 Å². The zero-order chi connectivity index (χ0) is 12.8. The van der Waals surface area contributed by atoms with E-state index < -0.39 is 11.9 Å². The van der Waals surface area contributed by atoms with Gasteiger partial charge in [-0.05, 0) is 19.2 Å². The smallest absolute Gasteiger partial charge is 0.338 e. The molecule has 6 heteroatoms. The molecule has 0 unspecified atom stereocenters. The normalized spacial score (nSPS) is 10.0. The Balaban J connectivity index is 2.92. The first-order chi connectivity index (χ1) is 8.07. The van der Waals surface area contributed by atoms with Crippen molar-refractivity contribution in [1.82, 2.24) is 15.2 Å². The van der Waals surface area contributed by atoms with E-state index in [-0.39, 0.29) is 11.3 Å². The van der Waals surface area contributed by atoms with Crippen molar-refractivity contribution in [2.24, 2.45) is 0 Å². The van der Waals surface area contributed by atoms with Crippen molar-refractivity contribution >= 4 is 11.9 Å². The number of carboxylic acids is 1. The van der Waals surface area contributed by atoms with Gasteiger partial charge in [0.05, 0.1) is 5.56 Å². The van der Waals surface area contributed by atoms with E-state index in [1.54, 1.807) is 14.1 Å². The lowest BCUT2D eigenvalue weighted by Crippen LogP contribution is -2.34. The van der Waals surface area contributed by atoms with Crippen molar-refractivity contribution in [2.45, 2.75) is 0 Å². The number of amides is 1. The van der Waals surface area contributed by atoms with Gasteiger partial charge < -0.3 is 15.3 Å². The van der Waals surface area contributed by atoms with Crippen LogP contribution in [-0.4, -0.2) is 54.1 Å². The Morgan fingerprint density at radius 3 is 2.82 bits per heavy atom. The molecular weight excluding hydrogens is 222 g/mol. The number of hydrogen-bond acceptors (Lipinski definition) is 4. The highest BCUT2D eigenvalue weighted by Crippen LogP contribution is 2.07. The molecule has 1 rings (SSSR count). The minimum Gasteiger partial charge on any atom is -0.478 e. The maximum Gasteiger partial charge on any atom is 0.338 e. The number of nitrogens with one attached hydrogen (secondary N) is 1. The lowest BCUT2D eigenvalue weighted by atomic mass is 10.2. The quantitative estimate of drug-likeness (QED) is 0.757. The molecule has 2 N–H and O–H groups in total. The summed E-state index contributed by atoms with van der Waals surface area (Å²) in [5, 5.41) is 11.9. The zero-order valence-electron chi connectivity index (χ0n) is 9.80. The van der Waals surface area contributed by atoms with Crippen LogP contribution in [-0.2, 0) is 0 Å². The van der Waals surface area contributed by atoms with E-state index >= 15 is 0 Å². The molecule has 0 spiro atoms. The Bertz CT molecular complexity index is 420. The summed E-state index contributed by atoms with van der Waals surface area (Å²) in [5.74, 6) is -1.54. The molecule has 0 fully saturated rings. The van der Waals surface area contributed by atoms with Gasteiger partial charge in [0.2, 0.25) is 0 Å². The summed E-state index contributed by atoms with van der Waals surface area (Å²) in [6.07, 6.45) is 1.41. The van der Waals surface area contributed by atoms with Crippen molar-refractivity contribution < 1.29 is 14.7 Å². The number of nitrogens with zero attached hydrogens (tertiary/aromatic N) is 2. The van der Waals surface area contributed by atoms with Crippen LogP contribution in [0.5, 0.6) is 0 Å². The van der Waals surface area contributed by atoms with Crippen LogP contribution >= 0.6 is 0 Å². The highest BCUT2D eigenvalue weighted by Gasteiger charge is 2.20. The number of aromatic nitrogens is 1. The van der Waals surface area contributed by atoms with E-state index in [0.29, 0.717) is 13.1 Å². The third kappa shape index (κ3) is 3.25. The van der Waals surface area contributed by atoms with Gasteiger partial charge in [-0.3, -0.25) is 9.78 Å². The van der Waals surface area contributed by atoms with Crippen LogP contribution < -0.4 is 5.32 Å². The summed E-state index contributed by atoms with van der Waals surface area (Å²) >= 11 is 0. The fourth-order valence-corrected chi connectivity index (χ4v) is 1.31. The molecule has 0 aliphatic carbocycles. The van der Waals surface area contributed by atoms with Crippen LogP contribution in [0.15, 0.2) is 18.3 Å². The van der Waals surface area contributed by atoms with E-state index in [1.165, 1.54) is 23.2 Å². The van der Waals surface area contributed by atoms with E-state index in [2.05, 4.69) is 10.3 Å². The third-order valence-electron chi connectivity index (χ3n) is 2.28. The minimum absolute atomic E-state index is 0.0291. The van der Waals surface area contributed by atoms with E-state index in [0.717, 1.165) is 0 Å². The second-order valence-corrected chi connectivity index (χ2v) is 3.53. The molecule has 0 aliphatic rings. The van der Waals surface area contributed by atoms with Crippen LogP contribution in [0.4, 0.5) is 0 Å². The number of pyridine rings is 1. The Hall–Kier alpha value is -1.95. The van der Waals surface area contributed by atoms with E-state index in [4.69, 9.17) is 5.11 Å². The molecule has 1 aromatic heterocycles. The molecule has 0 saturated carbocycles. The predicted molar refractivity (Wildman–Crippen MR) is 62.1 cm³/mol. The number of carbonyl (C=O) groups is 2. The third-order valence-corrected chi connectivity index (χ3v) is 2.28. The van der Waals surface area contributed by atoms with Crippen LogP contribution in [0.1, 0.15) is 20.8 Å². The predicted octanol–water partition coefficient (Wildman–Crippen LogP) is 0.0712. The largest absolute Gasteiger partial charge is 0.478 e. The fraction of sp³-hybridized carbons (Fsp3) is 0.364. The average molecular weight is 237 g/mol. The fourth-order valence-electron chi connectivity index (χ4n) is 1.31. The highest BCUT2D eigenvalue weighted by atomic mass is 16.4. The molecule has 92 valence electrons. The molecular formula is C11H15N3O3. The molecule has 0 saturated heterocycles. The first-order valence-corrected chi connectivity index (χ1v) is 5.16. The van der Waals surface area contributed by atoms with Crippen LogP contribution in [0, 0.1) is 0 Å². The van der Waals surface area contributed by atoms with Gasteiger partial charge in [0.1, 0.15) is 5.69 Å². The number of carboxylic acid groups (broad SMARTS) is 1. The van der Waals surface area contributed by atoms with Gasteiger partial charge in [-0.1, -0.05) is 0 Å². The molecule has 0 atom stereocenters. The van der Waals surface area contributed by atoms with Crippen molar-refractivity contribution in [2.75, 3.05) is 27.2 Å². The first kappa shape index (κ1) is 13.1. The Kier molecular flexibility index (Phi) is 4.59. The second-order valence-electron chi connectivity index (χ2n) is 3.53. The molecule has 1 aromatic rings. The Morgan fingerprint density at radius 1 is 1.53 bits per heavy atom. The summed E-state index contributed by atoms with van der Waals surface area (Å²) in [5.41, 5.74) is -0.104. The monoisotopic (exact) mass is 237 g/mol. The van der Waals surface area contributed by atoms with Gasteiger partial charge in [-0.2, -0.15) is 0 Å². The van der Waals surface area contributed by atoms with Crippen molar-refractivity contribution in [3.8, 4) is 0 Å². The van der Waals surface area contributed by atoms with Gasteiger partial charge in [0, 0.05) is 26.3 Å². The van der Waals surface area contributed by atoms with Crippen LogP contribution in [0.3, 0.4) is 0 Å². The number of rotatable bonds is 5.